The smallest absolute Gasteiger partial charge is 0.294 e. The first-order chi connectivity index (χ1) is 14.7. The van der Waals surface area contributed by atoms with Gasteiger partial charge in [-0.3, -0.25) is 19.3 Å². The maximum Gasteiger partial charge on any atom is 0.294 e. The van der Waals surface area contributed by atoms with Crippen molar-refractivity contribution in [2.45, 2.75) is 20.8 Å². The van der Waals surface area contributed by atoms with Crippen molar-refractivity contribution in [2.24, 2.45) is 0 Å². The van der Waals surface area contributed by atoms with Crippen LogP contribution in [0.15, 0.2) is 35.2 Å². The van der Waals surface area contributed by atoms with Crippen LogP contribution in [-0.4, -0.2) is 42.7 Å². The summed E-state index contributed by atoms with van der Waals surface area (Å²) in [5.74, 6) is 0.259. The molecular formula is C23H24N2O5S. The number of hydrogen-bond acceptors (Lipinski definition) is 6. The fourth-order valence-corrected chi connectivity index (χ4v) is 4.07. The quantitative estimate of drug-likeness (QED) is 0.674. The number of rotatable bonds is 6. The van der Waals surface area contributed by atoms with Gasteiger partial charge in [-0.2, -0.15) is 0 Å². The molecule has 2 aromatic carbocycles. The highest BCUT2D eigenvalue weighted by Crippen LogP contribution is 2.37. The molecule has 7 nitrogen and oxygen atoms in total. The Labute approximate surface area is 185 Å². The third kappa shape index (κ3) is 4.74. The van der Waals surface area contributed by atoms with E-state index in [4.69, 9.17) is 9.47 Å². The summed E-state index contributed by atoms with van der Waals surface area (Å²) in [7, 11) is 3.09. The Morgan fingerprint density at radius 1 is 1.06 bits per heavy atom. The highest BCUT2D eigenvalue weighted by Gasteiger charge is 2.36. The second kappa shape index (κ2) is 9.26. The number of ether oxygens (including phenoxy) is 2. The molecule has 1 N–H and O–H groups in total. The van der Waals surface area contributed by atoms with Crippen molar-refractivity contribution in [3.63, 3.8) is 0 Å². The van der Waals surface area contributed by atoms with Crippen LogP contribution >= 0.6 is 11.8 Å². The zero-order chi connectivity index (χ0) is 22.7. The number of amides is 3. The van der Waals surface area contributed by atoms with Gasteiger partial charge in [0.1, 0.15) is 18.0 Å². The van der Waals surface area contributed by atoms with Crippen LogP contribution in [0.25, 0.3) is 6.08 Å². The molecule has 3 amide bonds. The lowest BCUT2D eigenvalue weighted by molar-refractivity contribution is -0.127. The van der Waals surface area contributed by atoms with Crippen LogP contribution in [-0.2, 0) is 9.59 Å². The molecule has 0 atom stereocenters. The Morgan fingerprint density at radius 3 is 2.45 bits per heavy atom. The number of thioether (sulfide) groups is 1. The van der Waals surface area contributed by atoms with Crippen LogP contribution in [0, 0.1) is 20.8 Å². The molecule has 0 saturated carbocycles. The van der Waals surface area contributed by atoms with Crippen LogP contribution in [0.3, 0.4) is 0 Å². The van der Waals surface area contributed by atoms with Crippen molar-refractivity contribution in [3.05, 3.63) is 57.5 Å². The number of methoxy groups -OCH3 is 2. The predicted molar refractivity (Wildman–Crippen MR) is 122 cm³/mol. The monoisotopic (exact) mass is 440 g/mol. The lowest BCUT2D eigenvalue weighted by atomic mass is 10.1. The van der Waals surface area contributed by atoms with Gasteiger partial charge in [0, 0.05) is 16.8 Å². The summed E-state index contributed by atoms with van der Waals surface area (Å²) >= 11 is 0.796. The van der Waals surface area contributed by atoms with Gasteiger partial charge in [0.2, 0.25) is 5.91 Å². The predicted octanol–water partition coefficient (Wildman–Crippen LogP) is 4.30. The maximum absolute atomic E-state index is 12.8. The van der Waals surface area contributed by atoms with E-state index < -0.39 is 17.1 Å². The lowest BCUT2D eigenvalue weighted by Gasteiger charge is -2.14. The maximum atomic E-state index is 12.8. The molecule has 1 aliphatic rings. The van der Waals surface area contributed by atoms with E-state index in [1.54, 1.807) is 31.4 Å². The Kier molecular flexibility index (Phi) is 6.70. The third-order valence-electron chi connectivity index (χ3n) is 5.06. The first kappa shape index (κ1) is 22.4. The number of benzene rings is 2. The first-order valence-electron chi connectivity index (χ1n) is 9.59. The largest absolute Gasteiger partial charge is 0.496 e. The summed E-state index contributed by atoms with van der Waals surface area (Å²) < 4.78 is 10.8. The van der Waals surface area contributed by atoms with Gasteiger partial charge < -0.3 is 14.8 Å². The molecule has 0 aromatic heterocycles. The summed E-state index contributed by atoms with van der Waals surface area (Å²) in [5, 5.41) is 2.24. The van der Waals surface area contributed by atoms with Crippen LogP contribution in [0.4, 0.5) is 10.5 Å². The molecular weight excluding hydrogens is 416 g/mol. The third-order valence-corrected chi connectivity index (χ3v) is 5.97. The van der Waals surface area contributed by atoms with Crippen molar-refractivity contribution in [1.29, 1.82) is 0 Å². The molecule has 0 radical (unpaired) electrons. The van der Waals surface area contributed by atoms with E-state index in [2.05, 4.69) is 5.32 Å². The molecule has 3 rings (SSSR count). The van der Waals surface area contributed by atoms with Gasteiger partial charge in [0.15, 0.2) is 0 Å². The zero-order valence-corrected chi connectivity index (χ0v) is 18.9. The molecule has 1 fully saturated rings. The molecule has 0 spiro atoms. The number of carbonyl (C=O) groups is 3. The minimum absolute atomic E-state index is 0.229. The Morgan fingerprint density at radius 2 is 1.81 bits per heavy atom. The van der Waals surface area contributed by atoms with Crippen LogP contribution in [0.5, 0.6) is 11.5 Å². The number of nitrogens with one attached hydrogen (secondary N) is 1. The molecule has 0 aliphatic carbocycles. The molecule has 8 heteroatoms. The van der Waals surface area contributed by atoms with Crippen molar-refractivity contribution < 1.29 is 23.9 Å². The van der Waals surface area contributed by atoms with Gasteiger partial charge in [-0.1, -0.05) is 6.07 Å². The Hall–Kier alpha value is -3.26. The average Bonchev–Trinajstić information content (AvgIpc) is 2.98. The Bertz CT molecular complexity index is 1090. The minimum atomic E-state index is -0.513. The second-order valence-electron chi connectivity index (χ2n) is 7.13. The molecule has 1 heterocycles. The summed E-state index contributed by atoms with van der Waals surface area (Å²) in [6.45, 7) is 5.42. The summed E-state index contributed by atoms with van der Waals surface area (Å²) in [6, 6.07) is 9.06. The standard InChI is InChI=1S/C23H24N2O5S/c1-13-6-8-17(10-14(13)2)24-20(26)12-25-22(27)19(31-23(25)28)11-16-7-9-18(29-4)15(3)21(16)30-5/h6-11H,12H2,1-5H3,(H,24,26)/b19-11+. The number of aryl methyl sites for hydroxylation is 2. The fourth-order valence-electron chi connectivity index (χ4n) is 3.24. The van der Waals surface area contributed by atoms with Crippen LogP contribution in [0.1, 0.15) is 22.3 Å². The zero-order valence-electron chi connectivity index (χ0n) is 18.1. The number of nitrogens with zero attached hydrogens (tertiary/aromatic N) is 1. The number of imide groups is 1. The molecule has 1 aliphatic heterocycles. The van der Waals surface area contributed by atoms with E-state index in [9.17, 15) is 14.4 Å². The average molecular weight is 441 g/mol. The van der Waals surface area contributed by atoms with Crippen LogP contribution < -0.4 is 14.8 Å². The summed E-state index contributed by atoms with van der Waals surface area (Å²) in [4.78, 5) is 38.8. The van der Waals surface area contributed by atoms with Gasteiger partial charge in [0.25, 0.3) is 11.1 Å². The summed E-state index contributed by atoms with van der Waals surface area (Å²) in [5.41, 5.74) is 4.19. The Balaban J connectivity index is 1.77. The number of anilines is 1. The highest BCUT2D eigenvalue weighted by molar-refractivity contribution is 8.18. The highest BCUT2D eigenvalue weighted by atomic mass is 32.2. The van der Waals surface area contributed by atoms with Gasteiger partial charge in [0.05, 0.1) is 19.1 Å². The van der Waals surface area contributed by atoms with Gasteiger partial charge in [-0.25, -0.2) is 0 Å². The molecule has 0 bridgehead atoms. The second-order valence-corrected chi connectivity index (χ2v) is 8.12. The number of carbonyl (C=O) groups excluding carboxylic acids is 3. The molecule has 162 valence electrons. The van der Waals surface area contributed by atoms with Crippen molar-refractivity contribution in [1.82, 2.24) is 4.90 Å². The van der Waals surface area contributed by atoms with Gasteiger partial charge in [-0.05, 0) is 74.0 Å². The molecule has 1 saturated heterocycles. The van der Waals surface area contributed by atoms with Crippen molar-refractivity contribution in [2.75, 3.05) is 26.1 Å². The molecule has 31 heavy (non-hydrogen) atoms. The SMILES string of the molecule is COc1ccc(/C=C2/SC(=O)N(CC(=O)Nc3ccc(C)c(C)c3)C2=O)c(OC)c1C. The molecule has 2 aromatic rings. The van der Waals surface area contributed by atoms with E-state index >= 15 is 0 Å². The first-order valence-corrected chi connectivity index (χ1v) is 10.4. The fraction of sp³-hybridized carbons (Fsp3) is 0.261. The van der Waals surface area contributed by atoms with Crippen molar-refractivity contribution in [3.8, 4) is 11.5 Å². The van der Waals surface area contributed by atoms with E-state index in [0.717, 1.165) is 33.4 Å². The summed E-state index contributed by atoms with van der Waals surface area (Å²) in [6.07, 6.45) is 1.59. The topological polar surface area (TPSA) is 84.9 Å². The van der Waals surface area contributed by atoms with Gasteiger partial charge in [-0.15, -0.1) is 0 Å². The van der Waals surface area contributed by atoms with Crippen LogP contribution in [0.2, 0.25) is 0 Å². The normalized spacial score (nSPS) is 14.9. The minimum Gasteiger partial charge on any atom is -0.496 e. The van der Waals surface area contributed by atoms with Crippen molar-refractivity contribution >= 4 is 40.6 Å². The van der Waals surface area contributed by atoms with E-state index in [1.165, 1.54) is 7.11 Å². The lowest BCUT2D eigenvalue weighted by Crippen LogP contribution is -2.36. The molecule has 0 unspecified atom stereocenters. The van der Waals surface area contributed by atoms with E-state index in [-0.39, 0.29) is 11.4 Å². The van der Waals surface area contributed by atoms with Gasteiger partial charge >= 0.3 is 0 Å². The number of hydrogen-bond donors (Lipinski definition) is 1. The van der Waals surface area contributed by atoms with E-state index in [1.807, 2.05) is 32.9 Å². The van der Waals surface area contributed by atoms with E-state index in [0.29, 0.717) is 22.7 Å².